The minimum absolute atomic E-state index is 0.200. The number of carbonyl (C=O) groups excluding carboxylic acids is 1. The summed E-state index contributed by atoms with van der Waals surface area (Å²) in [5.74, 6) is 0.0771. The Labute approximate surface area is 147 Å². The molecule has 0 radical (unpaired) electrons. The summed E-state index contributed by atoms with van der Waals surface area (Å²) >= 11 is 0. The summed E-state index contributed by atoms with van der Waals surface area (Å²) in [6, 6.07) is 9.05. The Kier molecular flexibility index (Phi) is 4.53. The molecule has 25 heavy (non-hydrogen) atoms. The summed E-state index contributed by atoms with van der Waals surface area (Å²) in [4.78, 5) is 16.2. The monoisotopic (exact) mass is 342 g/mol. The number of hydrogen-bond acceptors (Lipinski definition) is 3. The van der Waals surface area contributed by atoms with Crippen molar-refractivity contribution in [2.45, 2.75) is 38.4 Å². The molecule has 1 saturated heterocycles. The molecule has 0 aliphatic carbocycles. The summed E-state index contributed by atoms with van der Waals surface area (Å²) in [5, 5.41) is 4.49. The van der Waals surface area contributed by atoms with Gasteiger partial charge in [-0.05, 0) is 36.6 Å². The molecule has 2 aliphatic heterocycles. The first kappa shape index (κ1) is 16.3. The molecule has 6 heteroatoms. The molecule has 0 saturated carbocycles. The first-order chi connectivity index (χ1) is 12.2. The van der Waals surface area contributed by atoms with Crippen molar-refractivity contribution in [3.63, 3.8) is 0 Å². The molecule has 1 atom stereocenters. The highest BCUT2D eigenvalue weighted by Gasteiger charge is 2.27. The molecule has 0 spiro atoms. The first-order valence-electron chi connectivity index (χ1n) is 8.96. The molecule has 4 rings (SSSR count). The molecule has 2 aromatic rings. The quantitative estimate of drug-likeness (QED) is 0.839. The molecule has 132 valence electrons. The van der Waals surface area contributed by atoms with Crippen LogP contribution in [-0.4, -0.2) is 45.1 Å². The fourth-order valence-electron chi connectivity index (χ4n) is 3.89. The molecular formula is C19H23FN4O. The molecule has 2 aliphatic rings. The number of halogens is 1. The van der Waals surface area contributed by atoms with Gasteiger partial charge in [0.15, 0.2) is 0 Å². The van der Waals surface area contributed by atoms with Crippen LogP contribution >= 0.6 is 0 Å². The topological polar surface area (TPSA) is 41.4 Å². The van der Waals surface area contributed by atoms with Crippen molar-refractivity contribution in [2.75, 3.05) is 19.6 Å². The molecule has 1 fully saturated rings. The zero-order valence-electron chi connectivity index (χ0n) is 14.3. The number of hydrogen-bond donors (Lipinski definition) is 0. The fourth-order valence-corrected chi connectivity index (χ4v) is 3.89. The predicted octanol–water partition coefficient (Wildman–Crippen LogP) is 2.59. The zero-order valence-corrected chi connectivity index (χ0v) is 14.3. The third-order valence-electron chi connectivity index (χ3n) is 5.18. The Morgan fingerprint density at radius 3 is 2.80 bits per heavy atom. The second kappa shape index (κ2) is 6.96. The van der Waals surface area contributed by atoms with Crippen LogP contribution in [0.3, 0.4) is 0 Å². The van der Waals surface area contributed by atoms with Crippen molar-refractivity contribution in [1.82, 2.24) is 19.6 Å². The summed E-state index contributed by atoms with van der Waals surface area (Å²) in [7, 11) is 0. The van der Waals surface area contributed by atoms with Gasteiger partial charge in [0.2, 0.25) is 5.91 Å². The van der Waals surface area contributed by atoms with Gasteiger partial charge in [-0.25, -0.2) is 4.39 Å². The van der Waals surface area contributed by atoms with E-state index < -0.39 is 0 Å². The number of fused-ring (bicyclic) bond motifs is 1. The van der Waals surface area contributed by atoms with Gasteiger partial charge in [-0.2, -0.15) is 5.10 Å². The average molecular weight is 342 g/mol. The number of likely N-dealkylation sites (tertiary alicyclic amines) is 1. The Hall–Kier alpha value is -2.21. The van der Waals surface area contributed by atoms with Crippen molar-refractivity contribution in [1.29, 1.82) is 0 Å². The Bertz CT molecular complexity index is 742. The maximum Gasteiger partial charge on any atom is 0.222 e. The lowest BCUT2D eigenvalue weighted by Gasteiger charge is -2.34. The lowest BCUT2D eigenvalue weighted by Crippen LogP contribution is -2.39. The van der Waals surface area contributed by atoms with Gasteiger partial charge in [-0.15, -0.1) is 0 Å². The van der Waals surface area contributed by atoms with Gasteiger partial charge in [0.05, 0.1) is 11.7 Å². The van der Waals surface area contributed by atoms with Crippen molar-refractivity contribution in [3.05, 3.63) is 53.6 Å². The van der Waals surface area contributed by atoms with Gasteiger partial charge in [-0.3, -0.25) is 14.4 Å². The van der Waals surface area contributed by atoms with Crippen molar-refractivity contribution < 1.29 is 9.18 Å². The number of benzene rings is 1. The maximum atomic E-state index is 13.1. The second-order valence-electron chi connectivity index (χ2n) is 6.99. The predicted molar refractivity (Wildman–Crippen MR) is 92.2 cm³/mol. The number of nitrogens with zero attached hydrogens (tertiary/aromatic N) is 4. The molecular weight excluding hydrogens is 319 g/mol. The molecule has 1 aromatic carbocycles. The SMILES string of the molecule is O=C1CCCN1CC[C@@H]1CN(Cc2ccc(F)cc2)Cc2ccnn21. The van der Waals surface area contributed by atoms with Crippen LogP contribution in [0.2, 0.25) is 0 Å². The van der Waals surface area contributed by atoms with E-state index in [4.69, 9.17) is 0 Å². The Morgan fingerprint density at radius 1 is 1.20 bits per heavy atom. The van der Waals surface area contributed by atoms with Gasteiger partial charge in [-0.1, -0.05) is 12.1 Å². The molecule has 5 nitrogen and oxygen atoms in total. The Balaban J connectivity index is 1.43. The van der Waals surface area contributed by atoms with Crippen LogP contribution in [0.5, 0.6) is 0 Å². The van der Waals surface area contributed by atoms with Crippen LogP contribution < -0.4 is 0 Å². The summed E-state index contributed by atoms with van der Waals surface area (Å²) in [6.07, 6.45) is 4.44. The lowest BCUT2D eigenvalue weighted by atomic mass is 10.1. The van der Waals surface area contributed by atoms with Crippen molar-refractivity contribution >= 4 is 5.91 Å². The van der Waals surface area contributed by atoms with E-state index in [0.29, 0.717) is 6.42 Å². The molecule has 3 heterocycles. The van der Waals surface area contributed by atoms with Crippen LogP contribution in [0.1, 0.15) is 36.6 Å². The third-order valence-corrected chi connectivity index (χ3v) is 5.18. The van der Waals surface area contributed by atoms with Crippen LogP contribution in [-0.2, 0) is 17.9 Å². The van der Waals surface area contributed by atoms with E-state index in [2.05, 4.69) is 20.7 Å². The van der Waals surface area contributed by atoms with Crippen LogP contribution in [0.25, 0.3) is 0 Å². The van der Waals surface area contributed by atoms with Crippen molar-refractivity contribution in [2.24, 2.45) is 0 Å². The van der Waals surface area contributed by atoms with Crippen molar-refractivity contribution in [3.8, 4) is 0 Å². The highest BCUT2D eigenvalue weighted by molar-refractivity contribution is 5.77. The highest BCUT2D eigenvalue weighted by Crippen LogP contribution is 2.25. The van der Waals surface area contributed by atoms with E-state index in [0.717, 1.165) is 51.1 Å². The second-order valence-corrected chi connectivity index (χ2v) is 6.99. The lowest BCUT2D eigenvalue weighted by molar-refractivity contribution is -0.127. The largest absolute Gasteiger partial charge is 0.343 e. The van der Waals surface area contributed by atoms with Crippen LogP contribution in [0, 0.1) is 5.82 Å². The smallest absolute Gasteiger partial charge is 0.222 e. The minimum Gasteiger partial charge on any atom is -0.343 e. The molecule has 1 amide bonds. The van der Waals surface area contributed by atoms with Gasteiger partial charge < -0.3 is 4.90 Å². The van der Waals surface area contributed by atoms with E-state index in [9.17, 15) is 9.18 Å². The summed E-state index contributed by atoms with van der Waals surface area (Å²) in [5.41, 5.74) is 2.31. The number of rotatable bonds is 5. The summed E-state index contributed by atoms with van der Waals surface area (Å²) < 4.78 is 15.2. The van der Waals surface area contributed by atoms with E-state index in [1.807, 2.05) is 23.2 Å². The van der Waals surface area contributed by atoms with Gasteiger partial charge in [0.25, 0.3) is 0 Å². The number of aromatic nitrogens is 2. The van der Waals surface area contributed by atoms with E-state index in [-0.39, 0.29) is 17.8 Å². The maximum absolute atomic E-state index is 13.1. The van der Waals surface area contributed by atoms with Crippen LogP contribution in [0.15, 0.2) is 36.5 Å². The molecule has 1 aromatic heterocycles. The standard InChI is InChI=1S/C19H23FN4O/c20-16-5-3-15(4-6-16)12-22-13-17-7-9-21-24(17)18(14-22)8-11-23-10-1-2-19(23)25/h3-7,9,18H,1-2,8,10-14H2/t18-/m1/s1. The third kappa shape index (κ3) is 3.58. The molecule has 0 unspecified atom stereocenters. The summed E-state index contributed by atoms with van der Waals surface area (Å²) in [6.45, 7) is 4.22. The molecule has 0 N–H and O–H groups in total. The minimum atomic E-state index is -0.200. The first-order valence-corrected chi connectivity index (χ1v) is 8.96. The fraction of sp³-hybridized carbons (Fsp3) is 0.474. The van der Waals surface area contributed by atoms with Gasteiger partial charge in [0, 0.05) is 45.3 Å². The molecule has 0 bridgehead atoms. The highest BCUT2D eigenvalue weighted by atomic mass is 19.1. The van der Waals surface area contributed by atoms with Gasteiger partial charge in [0.1, 0.15) is 5.82 Å². The Morgan fingerprint density at radius 2 is 2.04 bits per heavy atom. The average Bonchev–Trinajstić information content (AvgIpc) is 3.23. The van der Waals surface area contributed by atoms with Crippen LogP contribution in [0.4, 0.5) is 4.39 Å². The van der Waals surface area contributed by atoms with E-state index in [1.54, 1.807) is 0 Å². The van der Waals surface area contributed by atoms with E-state index >= 15 is 0 Å². The number of carbonyl (C=O) groups is 1. The zero-order chi connectivity index (χ0) is 17.2. The van der Waals surface area contributed by atoms with Gasteiger partial charge >= 0.3 is 0 Å². The number of amides is 1. The van der Waals surface area contributed by atoms with E-state index in [1.165, 1.54) is 17.8 Å². The normalized spacial score (nSPS) is 20.9.